The number of hydrogen-bond donors (Lipinski definition) is 0. The molecule has 0 aliphatic rings. The van der Waals surface area contributed by atoms with Crippen LogP contribution in [0, 0.1) is 0 Å². The zero-order valence-corrected chi connectivity index (χ0v) is 31.7. The van der Waals surface area contributed by atoms with E-state index in [0.29, 0.717) is 0 Å². The van der Waals surface area contributed by atoms with Gasteiger partial charge in [0.15, 0.2) is 0 Å². The normalized spacial score (nSPS) is 11.1. The summed E-state index contributed by atoms with van der Waals surface area (Å²) in [6.45, 7) is 0. The predicted molar refractivity (Wildman–Crippen MR) is 239 cm³/mol. The third kappa shape index (κ3) is 6.53. The van der Waals surface area contributed by atoms with Gasteiger partial charge in [-0.2, -0.15) is 0 Å². The number of rotatable bonds is 9. The van der Waals surface area contributed by atoms with Crippen LogP contribution in [0.2, 0.25) is 0 Å². The fourth-order valence-corrected chi connectivity index (χ4v) is 7.83. The monoisotopic (exact) mass is 742 g/mol. The van der Waals surface area contributed by atoms with Gasteiger partial charge in [0.05, 0.1) is 22.8 Å². The number of imidazole rings is 2. The number of hydrogen-bond acceptors (Lipinski definition) is 2. The van der Waals surface area contributed by atoms with E-state index >= 15 is 0 Å². The summed E-state index contributed by atoms with van der Waals surface area (Å²) in [4.78, 5) is 10.7. The molecule has 0 atom stereocenters. The highest BCUT2D eigenvalue weighted by Gasteiger charge is 2.24. The van der Waals surface area contributed by atoms with Crippen LogP contribution in [0.25, 0.3) is 90.3 Å². The van der Waals surface area contributed by atoms with E-state index in [4.69, 9.17) is 9.97 Å². The first kappa shape index (κ1) is 34.7. The summed E-state index contributed by atoms with van der Waals surface area (Å²) in [6, 6.07) is 80.7. The largest absolute Gasteiger partial charge is 0.292 e. The molecule has 0 spiro atoms. The summed E-state index contributed by atoms with van der Waals surface area (Å²) in [5.74, 6) is 1.81. The van der Waals surface area contributed by atoms with Gasteiger partial charge in [0.2, 0.25) is 0 Å². The highest BCUT2D eigenvalue weighted by Crippen LogP contribution is 2.41. The van der Waals surface area contributed by atoms with E-state index in [-0.39, 0.29) is 0 Å². The maximum absolute atomic E-state index is 5.36. The third-order valence-corrected chi connectivity index (χ3v) is 10.6. The Kier molecular flexibility index (Phi) is 9.18. The van der Waals surface area contributed by atoms with Crippen molar-refractivity contribution in [2.75, 3.05) is 0 Å². The average Bonchev–Trinajstić information content (AvgIpc) is 3.92. The first-order chi connectivity index (χ1) is 28.8. The molecular weight excluding hydrogens is 705 g/mol. The van der Waals surface area contributed by atoms with E-state index in [1.54, 1.807) is 0 Å². The zero-order chi connectivity index (χ0) is 38.7. The van der Waals surface area contributed by atoms with E-state index < -0.39 is 0 Å². The van der Waals surface area contributed by atoms with Crippen molar-refractivity contribution in [3.05, 3.63) is 231 Å². The van der Waals surface area contributed by atoms with Crippen LogP contribution in [0.15, 0.2) is 231 Å². The fraction of sp³-hybridized carbons (Fsp3) is 0. The van der Waals surface area contributed by atoms with Crippen LogP contribution in [0.3, 0.4) is 0 Å². The lowest BCUT2D eigenvalue weighted by molar-refractivity contribution is 1.07. The van der Waals surface area contributed by atoms with Gasteiger partial charge in [-0.15, -0.1) is 0 Å². The van der Waals surface area contributed by atoms with Gasteiger partial charge in [-0.05, 0) is 35.4 Å². The lowest BCUT2D eigenvalue weighted by Crippen LogP contribution is -2.00. The van der Waals surface area contributed by atoms with Crippen molar-refractivity contribution < 1.29 is 0 Å². The molecule has 274 valence electrons. The Morgan fingerprint density at radius 1 is 0.224 bits per heavy atom. The SMILES string of the molecule is c1ccc(-c2nc(-c3ccccc3)n(-c3ccccc3)c2-c2ccc(-c3ccc(-c4c(-c5ccccc5)nc(-c5ccccc5)n4-c4ccccc4)cc3)cc2)cc1. The van der Waals surface area contributed by atoms with Crippen LogP contribution in [0.5, 0.6) is 0 Å². The summed E-state index contributed by atoms with van der Waals surface area (Å²) >= 11 is 0. The number of nitrogens with zero attached hydrogens (tertiary/aromatic N) is 4. The van der Waals surface area contributed by atoms with Crippen LogP contribution in [0.4, 0.5) is 0 Å². The second-order valence-electron chi connectivity index (χ2n) is 14.2. The molecule has 0 aliphatic heterocycles. The standard InChI is InChI=1S/C54H38N4/c1-7-19-41(20-8-1)49-51(57(47-27-15-5-16-28-47)53(55-49)45-23-11-3-12-24-45)43-35-31-39(32-36-43)40-33-37-44(38-34-40)52-50(42-21-9-2-10-22-42)56-54(46-25-13-4-14-26-46)58(52)48-29-17-6-18-30-48/h1-38H. The predicted octanol–water partition coefficient (Wildman–Crippen LogP) is 13.7. The highest BCUT2D eigenvalue weighted by molar-refractivity contribution is 5.87. The number of para-hydroxylation sites is 2. The van der Waals surface area contributed by atoms with Crippen molar-refractivity contribution in [3.8, 4) is 90.3 Å². The van der Waals surface area contributed by atoms with Crippen molar-refractivity contribution in [1.29, 1.82) is 0 Å². The van der Waals surface area contributed by atoms with Gasteiger partial charge in [-0.1, -0.05) is 206 Å². The second-order valence-corrected chi connectivity index (χ2v) is 14.2. The van der Waals surface area contributed by atoms with Gasteiger partial charge in [-0.3, -0.25) is 9.13 Å². The van der Waals surface area contributed by atoms with E-state index in [9.17, 15) is 0 Å². The van der Waals surface area contributed by atoms with Gasteiger partial charge < -0.3 is 0 Å². The molecule has 4 nitrogen and oxygen atoms in total. The molecule has 0 aliphatic carbocycles. The quantitative estimate of drug-likeness (QED) is 0.148. The minimum atomic E-state index is 0.903. The first-order valence-corrected chi connectivity index (χ1v) is 19.6. The van der Waals surface area contributed by atoms with Crippen molar-refractivity contribution >= 4 is 0 Å². The highest BCUT2D eigenvalue weighted by atomic mass is 15.1. The molecule has 2 aromatic heterocycles. The van der Waals surface area contributed by atoms with E-state index in [1.807, 2.05) is 12.1 Å². The maximum Gasteiger partial charge on any atom is 0.145 e. The number of benzene rings is 8. The lowest BCUT2D eigenvalue weighted by atomic mass is 9.98. The Bertz CT molecular complexity index is 2710. The van der Waals surface area contributed by atoms with E-state index in [1.165, 1.54) is 0 Å². The van der Waals surface area contributed by atoms with Crippen molar-refractivity contribution in [2.45, 2.75) is 0 Å². The Hall–Kier alpha value is -7.82. The molecule has 0 radical (unpaired) electrons. The fourth-order valence-electron chi connectivity index (χ4n) is 7.83. The Balaban J connectivity index is 1.08. The molecule has 8 aromatic carbocycles. The Morgan fingerprint density at radius 3 is 0.793 bits per heavy atom. The molecule has 0 amide bonds. The second kappa shape index (κ2) is 15.4. The topological polar surface area (TPSA) is 35.6 Å². The molecule has 58 heavy (non-hydrogen) atoms. The molecule has 0 N–H and O–H groups in total. The van der Waals surface area contributed by atoms with Crippen LogP contribution in [0.1, 0.15) is 0 Å². The first-order valence-electron chi connectivity index (χ1n) is 19.6. The van der Waals surface area contributed by atoms with Gasteiger partial charge in [0, 0.05) is 44.8 Å². The van der Waals surface area contributed by atoms with Crippen LogP contribution < -0.4 is 0 Å². The maximum atomic E-state index is 5.36. The Labute approximate surface area is 338 Å². The van der Waals surface area contributed by atoms with Crippen molar-refractivity contribution in [2.24, 2.45) is 0 Å². The summed E-state index contributed by atoms with van der Waals surface area (Å²) < 4.78 is 4.59. The summed E-state index contributed by atoms with van der Waals surface area (Å²) in [7, 11) is 0. The van der Waals surface area contributed by atoms with Gasteiger partial charge in [0.1, 0.15) is 11.6 Å². The minimum absolute atomic E-state index is 0.903. The average molecular weight is 743 g/mol. The molecule has 4 heteroatoms. The van der Waals surface area contributed by atoms with E-state index in [0.717, 1.165) is 90.3 Å². The summed E-state index contributed by atoms with van der Waals surface area (Å²) in [5, 5.41) is 0. The van der Waals surface area contributed by atoms with Gasteiger partial charge in [-0.25, -0.2) is 9.97 Å². The smallest absolute Gasteiger partial charge is 0.145 e. The molecule has 0 fully saturated rings. The third-order valence-electron chi connectivity index (χ3n) is 10.6. The molecule has 0 saturated heterocycles. The van der Waals surface area contributed by atoms with Crippen LogP contribution in [-0.4, -0.2) is 19.1 Å². The number of aromatic nitrogens is 4. The molecule has 0 saturated carbocycles. The molecule has 10 aromatic rings. The van der Waals surface area contributed by atoms with Crippen LogP contribution in [-0.2, 0) is 0 Å². The summed E-state index contributed by atoms with van der Waals surface area (Å²) in [6.07, 6.45) is 0. The molecule has 0 bridgehead atoms. The molecule has 2 heterocycles. The van der Waals surface area contributed by atoms with Gasteiger partial charge in [0.25, 0.3) is 0 Å². The van der Waals surface area contributed by atoms with Gasteiger partial charge >= 0.3 is 0 Å². The van der Waals surface area contributed by atoms with Crippen LogP contribution >= 0.6 is 0 Å². The van der Waals surface area contributed by atoms with Crippen molar-refractivity contribution in [3.63, 3.8) is 0 Å². The Morgan fingerprint density at radius 2 is 0.483 bits per heavy atom. The molecule has 0 unspecified atom stereocenters. The minimum Gasteiger partial charge on any atom is -0.292 e. The summed E-state index contributed by atoms with van der Waals surface area (Å²) in [5.41, 5.74) is 14.8. The lowest BCUT2D eigenvalue weighted by Gasteiger charge is -2.15. The van der Waals surface area contributed by atoms with Crippen molar-refractivity contribution in [1.82, 2.24) is 19.1 Å². The zero-order valence-electron chi connectivity index (χ0n) is 31.7. The molecule has 10 rings (SSSR count). The molecular formula is C54H38N4. The van der Waals surface area contributed by atoms with E-state index in [2.05, 4.69) is 228 Å².